The first kappa shape index (κ1) is 15.1. The van der Waals surface area contributed by atoms with Crippen molar-refractivity contribution in [2.75, 3.05) is 6.54 Å². The number of hydrogen-bond donors (Lipinski definition) is 0. The SMILES string of the molecule is N#Cc1ccccc1-c1ccc(CN2CCc3sccc3C2)cc1. The second-order valence-electron chi connectivity index (χ2n) is 6.18. The molecule has 1 aliphatic rings. The summed E-state index contributed by atoms with van der Waals surface area (Å²) >= 11 is 1.88. The van der Waals surface area contributed by atoms with Crippen LogP contribution in [0.1, 0.15) is 21.6 Å². The largest absolute Gasteiger partial charge is 0.294 e. The average Bonchev–Trinajstić information content (AvgIpc) is 3.10. The Morgan fingerprint density at radius 1 is 1.04 bits per heavy atom. The van der Waals surface area contributed by atoms with E-state index in [4.69, 9.17) is 0 Å². The molecule has 1 aliphatic heterocycles. The summed E-state index contributed by atoms with van der Waals surface area (Å²) in [5, 5.41) is 11.5. The summed E-state index contributed by atoms with van der Waals surface area (Å²) in [5.74, 6) is 0. The molecule has 0 bridgehead atoms. The molecule has 3 aromatic rings. The second-order valence-corrected chi connectivity index (χ2v) is 7.18. The van der Waals surface area contributed by atoms with Crippen LogP contribution in [-0.4, -0.2) is 11.4 Å². The Kier molecular flexibility index (Phi) is 4.17. The van der Waals surface area contributed by atoms with Gasteiger partial charge in [-0.2, -0.15) is 5.26 Å². The molecule has 2 nitrogen and oxygen atoms in total. The number of thiophene rings is 1. The summed E-state index contributed by atoms with van der Waals surface area (Å²) in [6.07, 6.45) is 1.17. The molecular weight excluding hydrogens is 312 g/mol. The van der Waals surface area contributed by atoms with Crippen LogP contribution in [0.4, 0.5) is 0 Å². The van der Waals surface area contributed by atoms with E-state index in [1.165, 1.54) is 17.5 Å². The molecule has 1 aromatic heterocycles. The van der Waals surface area contributed by atoms with Gasteiger partial charge in [0.25, 0.3) is 0 Å². The number of fused-ring (bicyclic) bond motifs is 1. The Morgan fingerprint density at radius 3 is 2.71 bits per heavy atom. The van der Waals surface area contributed by atoms with E-state index in [2.05, 4.69) is 46.7 Å². The molecule has 0 spiro atoms. The van der Waals surface area contributed by atoms with Crippen LogP contribution in [-0.2, 0) is 19.5 Å². The summed E-state index contributed by atoms with van der Waals surface area (Å²) in [7, 11) is 0. The Hall–Kier alpha value is -2.41. The lowest BCUT2D eigenvalue weighted by Gasteiger charge is -2.26. The zero-order chi connectivity index (χ0) is 16.4. The lowest BCUT2D eigenvalue weighted by molar-refractivity contribution is 0.247. The summed E-state index contributed by atoms with van der Waals surface area (Å²) in [6.45, 7) is 3.17. The molecule has 0 saturated carbocycles. The molecule has 0 atom stereocenters. The zero-order valence-electron chi connectivity index (χ0n) is 13.4. The fourth-order valence-electron chi connectivity index (χ4n) is 3.32. The topological polar surface area (TPSA) is 27.0 Å². The quantitative estimate of drug-likeness (QED) is 0.687. The van der Waals surface area contributed by atoms with Crippen LogP contribution in [0.5, 0.6) is 0 Å². The zero-order valence-corrected chi connectivity index (χ0v) is 14.2. The van der Waals surface area contributed by atoms with Gasteiger partial charge in [-0.15, -0.1) is 11.3 Å². The fourth-order valence-corrected chi connectivity index (χ4v) is 4.21. The maximum absolute atomic E-state index is 9.26. The van der Waals surface area contributed by atoms with Gasteiger partial charge in [0.2, 0.25) is 0 Å². The lowest BCUT2D eigenvalue weighted by Crippen LogP contribution is -2.29. The number of nitrogens with zero attached hydrogens (tertiary/aromatic N) is 2. The highest BCUT2D eigenvalue weighted by Crippen LogP contribution is 2.26. The van der Waals surface area contributed by atoms with Gasteiger partial charge in [-0.1, -0.05) is 42.5 Å². The minimum Gasteiger partial charge on any atom is -0.294 e. The van der Waals surface area contributed by atoms with Crippen LogP contribution in [0.25, 0.3) is 11.1 Å². The van der Waals surface area contributed by atoms with Gasteiger partial charge in [-0.3, -0.25) is 4.90 Å². The van der Waals surface area contributed by atoms with Crippen LogP contribution in [0.3, 0.4) is 0 Å². The minimum atomic E-state index is 0.728. The molecule has 0 N–H and O–H groups in total. The Balaban J connectivity index is 1.50. The van der Waals surface area contributed by atoms with E-state index in [9.17, 15) is 5.26 Å². The Labute approximate surface area is 146 Å². The molecule has 0 unspecified atom stereocenters. The van der Waals surface area contributed by atoms with Crippen LogP contribution in [0, 0.1) is 11.3 Å². The first-order valence-electron chi connectivity index (χ1n) is 8.19. The standard InChI is InChI=1S/C21H18N2S/c22-13-18-3-1-2-4-20(18)17-7-5-16(6-8-17)14-23-11-9-21-19(15-23)10-12-24-21/h1-8,10,12H,9,11,14-15H2. The van der Waals surface area contributed by atoms with Crippen LogP contribution in [0.2, 0.25) is 0 Å². The molecule has 2 aromatic carbocycles. The van der Waals surface area contributed by atoms with Crippen molar-refractivity contribution in [1.82, 2.24) is 4.90 Å². The molecular formula is C21H18N2S. The highest BCUT2D eigenvalue weighted by atomic mass is 32.1. The number of nitriles is 1. The Bertz CT molecular complexity index is 887. The molecule has 4 rings (SSSR count). The van der Waals surface area contributed by atoms with Crippen molar-refractivity contribution in [3.8, 4) is 17.2 Å². The van der Waals surface area contributed by atoms with Gasteiger partial charge in [0.05, 0.1) is 11.6 Å². The normalized spacial score (nSPS) is 14.1. The number of rotatable bonds is 3. The number of hydrogen-bond acceptors (Lipinski definition) is 3. The first-order chi connectivity index (χ1) is 11.8. The molecule has 3 heteroatoms. The van der Waals surface area contributed by atoms with Crippen LogP contribution >= 0.6 is 11.3 Å². The Morgan fingerprint density at radius 2 is 1.88 bits per heavy atom. The average molecular weight is 330 g/mol. The molecule has 0 radical (unpaired) electrons. The van der Waals surface area contributed by atoms with E-state index in [0.29, 0.717) is 0 Å². The minimum absolute atomic E-state index is 0.728. The van der Waals surface area contributed by atoms with E-state index in [-0.39, 0.29) is 0 Å². The maximum atomic E-state index is 9.26. The van der Waals surface area contributed by atoms with Crippen molar-refractivity contribution in [2.45, 2.75) is 19.5 Å². The first-order valence-corrected chi connectivity index (χ1v) is 9.07. The van der Waals surface area contributed by atoms with E-state index in [1.54, 1.807) is 4.88 Å². The summed E-state index contributed by atoms with van der Waals surface area (Å²) in [5.41, 5.74) is 5.66. The van der Waals surface area contributed by atoms with Gasteiger partial charge in [0, 0.05) is 24.5 Å². The van der Waals surface area contributed by atoms with Crippen LogP contribution < -0.4 is 0 Å². The molecule has 0 fully saturated rings. The third-order valence-corrected chi connectivity index (χ3v) is 5.63. The third-order valence-electron chi connectivity index (χ3n) is 4.61. The molecule has 0 saturated heterocycles. The molecule has 0 amide bonds. The monoisotopic (exact) mass is 330 g/mol. The van der Waals surface area contributed by atoms with Crippen LogP contribution in [0.15, 0.2) is 60.0 Å². The highest BCUT2D eigenvalue weighted by Gasteiger charge is 2.17. The molecule has 0 aliphatic carbocycles. The van der Waals surface area contributed by atoms with E-state index < -0.39 is 0 Å². The summed E-state index contributed by atoms with van der Waals surface area (Å²) in [4.78, 5) is 4.06. The summed E-state index contributed by atoms with van der Waals surface area (Å²) < 4.78 is 0. The van der Waals surface area contributed by atoms with Crippen molar-refractivity contribution >= 4 is 11.3 Å². The maximum Gasteiger partial charge on any atom is 0.0998 e. The smallest absolute Gasteiger partial charge is 0.0998 e. The van der Waals surface area contributed by atoms with Crippen molar-refractivity contribution in [2.24, 2.45) is 0 Å². The van der Waals surface area contributed by atoms with Crippen molar-refractivity contribution in [3.63, 3.8) is 0 Å². The van der Waals surface area contributed by atoms with Gasteiger partial charge < -0.3 is 0 Å². The van der Waals surface area contributed by atoms with Crippen molar-refractivity contribution in [3.05, 3.63) is 81.5 Å². The number of benzene rings is 2. The van der Waals surface area contributed by atoms with Crippen molar-refractivity contribution < 1.29 is 0 Å². The van der Waals surface area contributed by atoms with E-state index in [1.807, 2.05) is 35.6 Å². The van der Waals surface area contributed by atoms with E-state index in [0.717, 1.165) is 36.3 Å². The predicted molar refractivity (Wildman–Crippen MR) is 98.7 cm³/mol. The van der Waals surface area contributed by atoms with Gasteiger partial charge in [-0.25, -0.2) is 0 Å². The van der Waals surface area contributed by atoms with Gasteiger partial charge in [0.15, 0.2) is 0 Å². The lowest BCUT2D eigenvalue weighted by atomic mass is 9.99. The third kappa shape index (κ3) is 2.99. The molecule has 118 valence electrons. The van der Waals surface area contributed by atoms with E-state index >= 15 is 0 Å². The predicted octanol–water partition coefficient (Wildman–Crippen LogP) is 4.85. The fraction of sp³-hybridized carbons (Fsp3) is 0.190. The molecule has 2 heterocycles. The van der Waals surface area contributed by atoms with Gasteiger partial charge >= 0.3 is 0 Å². The summed E-state index contributed by atoms with van der Waals surface area (Å²) in [6, 6.07) is 20.9. The molecule has 24 heavy (non-hydrogen) atoms. The highest BCUT2D eigenvalue weighted by molar-refractivity contribution is 7.10. The van der Waals surface area contributed by atoms with Gasteiger partial charge in [0.1, 0.15) is 0 Å². The van der Waals surface area contributed by atoms with Crippen molar-refractivity contribution in [1.29, 1.82) is 5.26 Å². The van der Waals surface area contributed by atoms with Gasteiger partial charge in [-0.05, 0) is 46.2 Å². The second kappa shape index (κ2) is 6.60.